The SMILES string of the molecule is Cc1cccc(C)c1-c1cc(C)c2nc(-c3ccccn3)nnc2c1. The summed E-state index contributed by atoms with van der Waals surface area (Å²) in [7, 11) is 0. The molecule has 0 aliphatic rings. The number of rotatable bonds is 2. The van der Waals surface area contributed by atoms with E-state index in [1.54, 1.807) is 6.20 Å². The van der Waals surface area contributed by atoms with E-state index in [-0.39, 0.29) is 0 Å². The normalized spacial score (nSPS) is 11.0. The Bertz CT molecular complexity index is 1050. The molecule has 0 aliphatic carbocycles. The van der Waals surface area contributed by atoms with Crippen LogP contribution in [0, 0.1) is 20.8 Å². The van der Waals surface area contributed by atoms with Gasteiger partial charge in [0.2, 0.25) is 5.82 Å². The Morgan fingerprint density at radius 2 is 1.56 bits per heavy atom. The maximum absolute atomic E-state index is 4.69. The van der Waals surface area contributed by atoms with Gasteiger partial charge in [0.25, 0.3) is 0 Å². The van der Waals surface area contributed by atoms with Crippen molar-refractivity contribution in [1.29, 1.82) is 0 Å². The third-order valence-electron chi connectivity index (χ3n) is 4.41. The summed E-state index contributed by atoms with van der Waals surface area (Å²) >= 11 is 0. The first-order valence-corrected chi connectivity index (χ1v) is 8.26. The number of benzene rings is 2. The lowest BCUT2D eigenvalue weighted by Gasteiger charge is -2.12. The summed E-state index contributed by atoms with van der Waals surface area (Å²) in [5, 5.41) is 8.69. The maximum atomic E-state index is 4.69. The van der Waals surface area contributed by atoms with Crippen LogP contribution in [0.4, 0.5) is 0 Å². The Hall–Kier alpha value is -3.14. The van der Waals surface area contributed by atoms with E-state index in [0.717, 1.165) is 27.9 Å². The Kier molecular flexibility index (Phi) is 3.73. The summed E-state index contributed by atoms with van der Waals surface area (Å²) in [6.45, 7) is 6.34. The molecule has 0 radical (unpaired) electrons. The van der Waals surface area contributed by atoms with Crippen molar-refractivity contribution in [1.82, 2.24) is 20.2 Å². The molecule has 122 valence electrons. The van der Waals surface area contributed by atoms with Gasteiger partial charge in [0.15, 0.2) is 0 Å². The van der Waals surface area contributed by atoms with E-state index in [1.807, 2.05) is 18.2 Å². The van der Waals surface area contributed by atoms with Gasteiger partial charge in [0.05, 0.1) is 5.52 Å². The second kappa shape index (κ2) is 6.06. The molecular weight excluding hydrogens is 308 g/mol. The minimum atomic E-state index is 0.552. The molecule has 2 aromatic heterocycles. The van der Waals surface area contributed by atoms with Gasteiger partial charge in [-0.15, -0.1) is 10.2 Å². The highest BCUT2D eigenvalue weighted by atomic mass is 15.2. The van der Waals surface area contributed by atoms with Crippen molar-refractivity contribution in [3.63, 3.8) is 0 Å². The van der Waals surface area contributed by atoms with Crippen LogP contribution in [0.5, 0.6) is 0 Å². The zero-order valence-corrected chi connectivity index (χ0v) is 14.5. The standard InChI is InChI=1S/C21H18N4/c1-13-7-6-8-14(2)19(13)16-11-15(3)20-18(12-16)24-25-21(23-20)17-9-4-5-10-22-17/h4-12H,1-3H3. The van der Waals surface area contributed by atoms with Crippen molar-refractivity contribution < 1.29 is 0 Å². The Morgan fingerprint density at radius 1 is 0.760 bits per heavy atom. The van der Waals surface area contributed by atoms with Crippen LogP contribution >= 0.6 is 0 Å². The highest BCUT2D eigenvalue weighted by Crippen LogP contribution is 2.30. The highest BCUT2D eigenvalue weighted by Gasteiger charge is 2.12. The fraction of sp³-hybridized carbons (Fsp3) is 0.143. The minimum Gasteiger partial charge on any atom is -0.253 e. The number of aryl methyl sites for hydroxylation is 3. The van der Waals surface area contributed by atoms with Gasteiger partial charge in [-0.1, -0.05) is 24.3 Å². The summed E-state index contributed by atoms with van der Waals surface area (Å²) in [5.74, 6) is 0.552. The van der Waals surface area contributed by atoms with Gasteiger partial charge in [-0.2, -0.15) is 0 Å². The smallest absolute Gasteiger partial charge is 0.200 e. The van der Waals surface area contributed by atoms with E-state index >= 15 is 0 Å². The number of hydrogen-bond donors (Lipinski definition) is 0. The lowest BCUT2D eigenvalue weighted by atomic mass is 9.94. The molecule has 0 N–H and O–H groups in total. The molecule has 4 heteroatoms. The number of nitrogens with zero attached hydrogens (tertiary/aromatic N) is 4. The Labute approximate surface area is 146 Å². The summed E-state index contributed by atoms with van der Waals surface area (Å²) in [6, 6.07) is 16.3. The van der Waals surface area contributed by atoms with Crippen LogP contribution in [0.3, 0.4) is 0 Å². The van der Waals surface area contributed by atoms with Crippen LogP contribution in [0.2, 0.25) is 0 Å². The molecule has 0 spiro atoms. The molecule has 4 aromatic rings. The molecule has 0 atom stereocenters. The molecule has 4 rings (SSSR count). The minimum absolute atomic E-state index is 0.552. The molecule has 0 unspecified atom stereocenters. The zero-order valence-electron chi connectivity index (χ0n) is 14.5. The van der Waals surface area contributed by atoms with Gasteiger partial charge in [-0.3, -0.25) is 4.98 Å². The van der Waals surface area contributed by atoms with Crippen molar-refractivity contribution in [3.8, 4) is 22.6 Å². The molecule has 2 heterocycles. The quantitative estimate of drug-likeness (QED) is 0.537. The van der Waals surface area contributed by atoms with Gasteiger partial charge in [0, 0.05) is 6.20 Å². The summed E-state index contributed by atoms with van der Waals surface area (Å²) in [5.41, 5.74) is 8.40. The van der Waals surface area contributed by atoms with E-state index in [4.69, 9.17) is 0 Å². The highest BCUT2D eigenvalue weighted by molar-refractivity contribution is 5.86. The van der Waals surface area contributed by atoms with E-state index in [9.17, 15) is 0 Å². The molecule has 0 saturated heterocycles. The third kappa shape index (κ3) is 2.76. The lowest BCUT2D eigenvalue weighted by Crippen LogP contribution is -1.98. The van der Waals surface area contributed by atoms with Crippen molar-refractivity contribution in [2.75, 3.05) is 0 Å². The van der Waals surface area contributed by atoms with Gasteiger partial charge in [-0.05, 0) is 72.9 Å². The molecule has 4 nitrogen and oxygen atoms in total. The summed E-state index contributed by atoms with van der Waals surface area (Å²) in [6.07, 6.45) is 1.74. The summed E-state index contributed by atoms with van der Waals surface area (Å²) in [4.78, 5) is 9.00. The van der Waals surface area contributed by atoms with Crippen molar-refractivity contribution in [3.05, 3.63) is 71.4 Å². The maximum Gasteiger partial charge on any atom is 0.200 e. The third-order valence-corrected chi connectivity index (χ3v) is 4.41. The predicted octanol–water partition coefficient (Wildman–Crippen LogP) is 4.68. The van der Waals surface area contributed by atoms with Crippen molar-refractivity contribution in [2.45, 2.75) is 20.8 Å². The Balaban J connectivity index is 1.89. The van der Waals surface area contributed by atoms with Gasteiger partial charge >= 0.3 is 0 Å². The first-order chi connectivity index (χ1) is 12.1. The Morgan fingerprint density at radius 3 is 2.28 bits per heavy atom. The van der Waals surface area contributed by atoms with Crippen LogP contribution < -0.4 is 0 Å². The molecule has 0 bridgehead atoms. The van der Waals surface area contributed by atoms with E-state index < -0.39 is 0 Å². The molecule has 0 saturated carbocycles. The first kappa shape index (κ1) is 15.4. The second-order valence-corrected chi connectivity index (χ2v) is 6.28. The first-order valence-electron chi connectivity index (χ1n) is 8.26. The molecule has 2 aromatic carbocycles. The average Bonchev–Trinajstić information content (AvgIpc) is 2.62. The number of hydrogen-bond acceptors (Lipinski definition) is 4. The average molecular weight is 326 g/mol. The van der Waals surface area contributed by atoms with Crippen LogP contribution in [-0.4, -0.2) is 20.2 Å². The predicted molar refractivity (Wildman–Crippen MR) is 100 cm³/mol. The van der Waals surface area contributed by atoms with Gasteiger partial charge in [0.1, 0.15) is 11.2 Å². The van der Waals surface area contributed by atoms with Crippen LogP contribution in [0.1, 0.15) is 16.7 Å². The van der Waals surface area contributed by atoms with Gasteiger partial charge in [-0.25, -0.2) is 4.98 Å². The summed E-state index contributed by atoms with van der Waals surface area (Å²) < 4.78 is 0. The number of aromatic nitrogens is 4. The second-order valence-electron chi connectivity index (χ2n) is 6.28. The van der Waals surface area contributed by atoms with E-state index in [0.29, 0.717) is 5.82 Å². The molecule has 0 amide bonds. The van der Waals surface area contributed by atoms with Crippen LogP contribution in [0.15, 0.2) is 54.7 Å². The monoisotopic (exact) mass is 326 g/mol. The zero-order chi connectivity index (χ0) is 17.4. The number of pyridine rings is 1. The fourth-order valence-corrected chi connectivity index (χ4v) is 3.23. The fourth-order valence-electron chi connectivity index (χ4n) is 3.23. The lowest BCUT2D eigenvalue weighted by molar-refractivity contribution is 1.02. The topological polar surface area (TPSA) is 51.6 Å². The van der Waals surface area contributed by atoms with E-state index in [1.165, 1.54) is 16.7 Å². The van der Waals surface area contributed by atoms with Crippen LogP contribution in [0.25, 0.3) is 33.7 Å². The molecule has 0 fully saturated rings. The van der Waals surface area contributed by atoms with Crippen molar-refractivity contribution >= 4 is 11.0 Å². The van der Waals surface area contributed by atoms with E-state index in [2.05, 4.69) is 71.3 Å². The number of fused-ring (bicyclic) bond motifs is 1. The molecule has 25 heavy (non-hydrogen) atoms. The van der Waals surface area contributed by atoms with Crippen molar-refractivity contribution in [2.24, 2.45) is 0 Å². The molecule has 0 aliphatic heterocycles. The molecular formula is C21H18N4. The van der Waals surface area contributed by atoms with Gasteiger partial charge < -0.3 is 0 Å². The largest absolute Gasteiger partial charge is 0.253 e. The van der Waals surface area contributed by atoms with Crippen LogP contribution in [-0.2, 0) is 0 Å².